The Bertz CT molecular complexity index is 978. The van der Waals surface area contributed by atoms with Gasteiger partial charge in [0.1, 0.15) is 16.1 Å². The zero-order valence-corrected chi connectivity index (χ0v) is 16.1. The fourth-order valence-electron chi connectivity index (χ4n) is 2.94. The monoisotopic (exact) mass is 401 g/mol. The number of ether oxygens (including phenoxy) is 1. The summed E-state index contributed by atoms with van der Waals surface area (Å²) in [6.45, 7) is 0.290. The normalized spacial score (nSPS) is 15.3. The molecule has 1 aromatic carbocycles. The number of nitrogens with zero attached hydrogens (tertiary/aromatic N) is 2. The molecule has 1 N–H and O–H groups in total. The number of carbonyl (C=O) groups is 1. The Kier molecular flexibility index (Phi) is 5.09. The fourth-order valence-corrected chi connectivity index (χ4v) is 4.18. The van der Waals surface area contributed by atoms with Gasteiger partial charge in [-0.2, -0.15) is 0 Å². The van der Waals surface area contributed by atoms with E-state index >= 15 is 0 Å². The standard InChI is InChI=1S/C19H16FN3O2S2/c1-26-19-23-16(10-27-19)18(24)22-9-13-7-12-6-11(8-14(20)17(12)25-13)15-4-2-3-5-21-15/h2-6,8,10,13H,7,9H2,1H3,(H,22,24)/t13-/m1/s1. The molecule has 27 heavy (non-hydrogen) atoms. The van der Waals surface area contributed by atoms with E-state index in [-0.39, 0.29) is 24.3 Å². The molecular weight excluding hydrogens is 385 g/mol. The lowest BCUT2D eigenvalue weighted by Gasteiger charge is -2.11. The Morgan fingerprint density at radius 2 is 2.33 bits per heavy atom. The van der Waals surface area contributed by atoms with Crippen LogP contribution in [-0.4, -0.2) is 34.8 Å². The first kappa shape index (κ1) is 17.9. The predicted octanol–water partition coefficient (Wildman–Crippen LogP) is 3.80. The first-order valence-corrected chi connectivity index (χ1v) is 10.4. The molecule has 3 aromatic rings. The molecule has 0 aliphatic carbocycles. The van der Waals surface area contributed by atoms with Crippen molar-refractivity contribution in [3.8, 4) is 17.0 Å². The Hall–Kier alpha value is -2.45. The highest BCUT2D eigenvalue weighted by Crippen LogP contribution is 2.35. The van der Waals surface area contributed by atoms with Gasteiger partial charge in [0.25, 0.3) is 5.91 Å². The van der Waals surface area contributed by atoms with Crippen LogP contribution in [0.25, 0.3) is 11.3 Å². The summed E-state index contributed by atoms with van der Waals surface area (Å²) in [6.07, 6.45) is 3.81. The third kappa shape index (κ3) is 3.81. The van der Waals surface area contributed by atoms with E-state index in [4.69, 9.17) is 4.74 Å². The van der Waals surface area contributed by atoms with E-state index in [9.17, 15) is 9.18 Å². The van der Waals surface area contributed by atoms with Gasteiger partial charge < -0.3 is 10.1 Å². The van der Waals surface area contributed by atoms with Crippen molar-refractivity contribution in [2.45, 2.75) is 16.9 Å². The number of hydrogen-bond donors (Lipinski definition) is 1. The molecule has 0 saturated heterocycles. The quantitative estimate of drug-likeness (QED) is 0.659. The van der Waals surface area contributed by atoms with Crippen LogP contribution in [0, 0.1) is 5.82 Å². The number of hydrogen-bond acceptors (Lipinski definition) is 6. The molecule has 0 unspecified atom stereocenters. The van der Waals surface area contributed by atoms with E-state index in [2.05, 4.69) is 15.3 Å². The Morgan fingerprint density at radius 3 is 3.07 bits per heavy atom. The van der Waals surface area contributed by atoms with E-state index in [1.165, 1.54) is 29.2 Å². The lowest BCUT2D eigenvalue weighted by atomic mass is 10.0. The van der Waals surface area contributed by atoms with Crippen LogP contribution in [0.2, 0.25) is 0 Å². The van der Waals surface area contributed by atoms with Crippen LogP contribution >= 0.6 is 23.1 Å². The molecule has 8 heteroatoms. The van der Waals surface area contributed by atoms with Gasteiger partial charge in [0, 0.05) is 29.1 Å². The summed E-state index contributed by atoms with van der Waals surface area (Å²) >= 11 is 2.93. The van der Waals surface area contributed by atoms with Gasteiger partial charge in [0.15, 0.2) is 11.6 Å². The fraction of sp³-hybridized carbons (Fsp3) is 0.211. The molecule has 1 aliphatic heterocycles. The number of thiazole rings is 1. The van der Waals surface area contributed by atoms with E-state index in [1.54, 1.807) is 11.6 Å². The van der Waals surface area contributed by atoms with Gasteiger partial charge in [-0.1, -0.05) is 17.8 Å². The van der Waals surface area contributed by atoms with Gasteiger partial charge in [-0.15, -0.1) is 11.3 Å². The number of carbonyl (C=O) groups excluding carboxylic acids is 1. The second-order valence-corrected chi connectivity index (χ2v) is 7.93. The molecule has 1 aliphatic rings. The highest BCUT2D eigenvalue weighted by atomic mass is 32.2. The number of fused-ring (bicyclic) bond motifs is 1. The zero-order chi connectivity index (χ0) is 18.8. The number of benzene rings is 1. The molecule has 5 nitrogen and oxygen atoms in total. The van der Waals surface area contributed by atoms with E-state index in [0.29, 0.717) is 23.4 Å². The molecule has 0 saturated carbocycles. The van der Waals surface area contributed by atoms with Crippen LogP contribution in [0.1, 0.15) is 16.1 Å². The maximum absolute atomic E-state index is 14.5. The lowest BCUT2D eigenvalue weighted by Crippen LogP contribution is -2.34. The maximum Gasteiger partial charge on any atom is 0.270 e. The van der Waals surface area contributed by atoms with Crippen LogP contribution in [0.5, 0.6) is 5.75 Å². The van der Waals surface area contributed by atoms with Crippen molar-refractivity contribution < 1.29 is 13.9 Å². The van der Waals surface area contributed by atoms with Crippen LogP contribution in [0.4, 0.5) is 4.39 Å². The second kappa shape index (κ2) is 7.66. The van der Waals surface area contributed by atoms with Gasteiger partial charge >= 0.3 is 0 Å². The molecule has 1 atom stereocenters. The van der Waals surface area contributed by atoms with Crippen molar-refractivity contribution in [2.75, 3.05) is 12.8 Å². The Morgan fingerprint density at radius 1 is 1.44 bits per heavy atom. The molecule has 0 radical (unpaired) electrons. The number of thioether (sulfide) groups is 1. The summed E-state index contributed by atoms with van der Waals surface area (Å²) in [5.74, 6) is -0.404. The van der Waals surface area contributed by atoms with Gasteiger partial charge in [0.2, 0.25) is 0 Å². The van der Waals surface area contributed by atoms with E-state index < -0.39 is 5.82 Å². The van der Waals surface area contributed by atoms with E-state index in [0.717, 1.165) is 9.90 Å². The van der Waals surface area contributed by atoms with Crippen molar-refractivity contribution in [3.05, 3.63) is 59.0 Å². The minimum Gasteiger partial charge on any atom is -0.485 e. The molecule has 4 rings (SSSR count). The average Bonchev–Trinajstić information content (AvgIpc) is 3.34. The minimum atomic E-state index is -0.411. The van der Waals surface area contributed by atoms with Crippen molar-refractivity contribution in [1.82, 2.24) is 15.3 Å². The summed E-state index contributed by atoms with van der Waals surface area (Å²) in [5.41, 5.74) is 2.60. The lowest BCUT2D eigenvalue weighted by molar-refractivity contribution is 0.0928. The molecule has 2 aromatic heterocycles. The Labute approximate surface area is 164 Å². The van der Waals surface area contributed by atoms with Gasteiger partial charge in [0.05, 0.1) is 12.2 Å². The summed E-state index contributed by atoms with van der Waals surface area (Å²) in [5, 5.41) is 4.54. The van der Waals surface area contributed by atoms with Crippen molar-refractivity contribution in [3.63, 3.8) is 0 Å². The van der Waals surface area contributed by atoms with Crippen LogP contribution in [0.15, 0.2) is 46.2 Å². The number of amides is 1. The first-order chi connectivity index (χ1) is 13.1. The van der Waals surface area contributed by atoms with Crippen LogP contribution < -0.4 is 10.1 Å². The summed E-state index contributed by atoms with van der Waals surface area (Å²) in [4.78, 5) is 20.7. The number of aromatic nitrogens is 2. The number of pyridine rings is 1. The number of nitrogens with one attached hydrogen (secondary N) is 1. The third-order valence-corrected chi connectivity index (χ3v) is 6.06. The summed E-state index contributed by atoms with van der Waals surface area (Å²) in [7, 11) is 0. The zero-order valence-electron chi connectivity index (χ0n) is 14.4. The Balaban J connectivity index is 1.43. The van der Waals surface area contributed by atoms with Crippen LogP contribution in [0.3, 0.4) is 0 Å². The average molecular weight is 401 g/mol. The van der Waals surface area contributed by atoms with Gasteiger partial charge in [-0.05, 0) is 30.5 Å². The van der Waals surface area contributed by atoms with Crippen molar-refractivity contribution in [1.29, 1.82) is 0 Å². The molecular formula is C19H16FN3O2S2. The third-order valence-electron chi connectivity index (χ3n) is 4.19. The predicted molar refractivity (Wildman–Crippen MR) is 104 cm³/mol. The largest absolute Gasteiger partial charge is 0.485 e. The SMILES string of the molecule is CSc1nc(C(=O)NC[C@H]2Cc3cc(-c4ccccn4)cc(F)c3O2)cs1. The molecule has 0 spiro atoms. The number of rotatable bonds is 5. The van der Waals surface area contributed by atoms with Crippen molar-refractivity contribution in [2.24, 2.45) is 0 Å². The topological polar surface area (TPSA) is 64.1 Å². The summed E-state index contributed by atoms with van der Waals surface area (Å²) in [6, 6.07) is 8.85. The molecule has 3 heterocycles. The molecule has 0 fully saturated rings. The smallest absolute Gasteiger partial charge is 0.270 e. The minimum absolute atomic E-state index is 0.249. The first-order valence-electron chi connectivity index (χ1n) is 8.32. The molecule has 0 bridgehead atoms. The molecule has 138 valence electrons. The van der Waals surface area contributed by atoms with Crippen molar-refractivity contribution >= 4 is 29.0 Å². The van der Waals surface area contributed by atoms with Gasteiger partial charge in [-0.25, -0.2) is 9.37 Å². The van der Waals surface area contributed by atoms with Crippen LogP contribution in [-0.2, 0) is 6.42 Å². The van der Waals surface area contributed by atoms with E-state index in [1.807, 2.05) is 30.5 Å². The van der Waals surface area contributed by atoms with Gasteiger partial charge in [-0.3, -0.25) is 9.78 Å². The summed E-state index contributed by atoms with van der Waals surface area (Å²) < 4.78 is 21.0. The number of halogens is 1. The maximum atomic E-state index is 14.5. The second-order valence-electron chi connectivity index (χ2n) is 6.02. The highest BCUT2D eigenvalue weighted by Gasteiger charge is 2.27. The highest BCUT2D eigenvalue weighted by molar-refractivity contribution is 8.00. The molecule has 1 amide bonds.